The Bertz CT molecular complexity index is 919. The van der Waals surface area contributed by atoms with Crippen LogP contribution in [0.25, 0.3) is 0 Å². The Balaban J connectivity index is 1.71. The van der Waals surface area contributed by atoms with E-state index in [1.165, 1.54) is 32.4 Å². The molecule has 31 heavy (non-hydrogen) atoms. The Morgan fingerprint density at radius 3 is 2.00 bits per heavy atom. The molecular weight excluding hydrogens is 400 g/mol. The van der Waals surface area contributed by atoms with E-state index in [9.17, 15) is 14.4 Å². The smallest absolute Gasteiger partial charge is 0.337 e. The molecule has 0 spiro atoms. The first-order valence-corrected chi connectivity index (χ1v) is 9.92. The van der Waals surface area contributed by atoms with Crippen LogP contribution in [-0.2, 0) is 20.8 Å². The molecule has 1 N–H and O–H groups in total. The molecule has 0 aliphatic heterocycles. The molecule has 2 aromatic rings. The van der Waals surface area contributed by atoms with Crippen LogP contribution in [0.15, 0.2) is 42.5 Å². The first-order valence-electron chi connectivity index (χ1n) is 9.92. The number of hydrogen-bond donors (Lipinski definition) is 1. The summed E-state index contributed by atoms with van der Waals surface area (Å²) in [4.78, 5) is 38.7. The Labute approximate surface area is 181 Å². The van der Waals surface area contributed by atoms with Crippen molar-refractivity contribution in [3.05, 3.63) is 59.2 Å². The quantitative estimate of drug-likeness (QED) is 0.616. The van der Waals surface area contributed by atoms with Crippen molar-refractivity contribution in [2.45, 2.75) is 25.4 Å². The first-order chi connectivity index (χ1) is 14.9. The molecule has 0 unspecified atom stereocenters. The zero-order valence-corrected chi connectivity index (χ0v) is 17.8. The molecule has 1 aliphatic rings. The summed E-state index contributed by atoms with van der Waals surface area (Å²) in [6.45, 7) is 0.824. The number of carbonyl (C=O) groups excluding carboxylic acids is 3. The monoisotopic (exact) mass is 426 g/mol. The third-order valence-corrected chi connectivity index (χ3v) is 5.01. The lowest BCUT2D eigenvalue weighted by atomic mass is 10.1. The fourth-order valence-electron chi connectivity index (χ4n) is 3.28. The van der Waals surface area contributed by atoms with E-state index in [4.69, 9.17) is 14.2 Å². The second kappa shape index (κ2) is 10.1. The van der Waals surface area contributed by atoms with Crippen LogP contribution in [0.1, 0.15) is 39.1 Å². The highest BCUT2D eigenvalue weighted by Crippen LogP contribution is 2.28. The van der Waals surface area contributed by atoms with Crippen LogP contribution in [0.2, 0.25) is 0 Å². The second-order valence-electron chi connectivity index (χ2n) is 7.31. The van der Waals surface area contributed by atoms with Gasteiger partial charge in [-0.25, -0.2) is 9.59 Å². The Morgan fingerprint density at radius 2 is 1.52 bits per heavy atom. The molecule has 8 heteroatoms. The maximum Gasteiger partial charge on any atom is 0.337 e. The molecule has 0 radical (unpaired) electrons. The van der Waals surface area contributed by atoms with E-state index < -0.39 is 11.9 Å². The van der Waals surface area contributed by atoms with Gasteiger partial charge in [0.15, 0.2) is 0 Å². The molecule has 1 aliphatic carbocycles. The summed E-state index contributed by atoms with van der Waals surface area (Å²) in [6, 6.07) is 12.4. The van der Waals surface area contributed by atoms with Crippen molar-refractivity contribution in [3.63, 3.8) is 0 Å². The summed E-state index contributed by atoms with van der Waals surface area (Å²) < 4.78 is 14.7. The summed E-state index contributed by atoms with van der Waals surface area (Å²) in [7, 11) is 4.12. The summed E-state index contributed by atoms with van der Waals surface area (Å²) in [5, 5.41) is 2.78. The van der Waals surface area contributed by atoms with Crippen molar-refractivity contribution in [2.24, 2.45) is 0 Å². The van der Waals surface area contributed by atoms with E-state index >= 15 is 0 Å². The maximum absolute atomic E-state index is 12.7. The molecule has 0 atom stereocenters. The van der Waals surface area contributed by atoms with E-state index in [0.717, 1.165) is 24.2 Å². The van der Waals surface area contributed by atoms with E-state index in [2.05, 4.69) is 10.2 Å². The predicted octanol–water partition coefficient (Wildman–Crippen LogP) is 2.87. The number of anilines is 1. The summed E-state index contributed by atoms with van der Waals surface area (Å²) >= 11 is 0. The molecule has 0 saturated heterocycles. The summed E-state index contributed by atoms with van der Waals surface area (Å²) in [5.74, 6) is -0.676. The normalized spacial score (nSPS) is 12.9. The lowest BCUT2D eigenvalue weighted by Crippen LogP contribution is -2.34. The SMILES string of the molecule is COC(=O)c1cc(NC(=O)CN(Cc2ccc(OC)cc2)C2CC2)cc(C(=O)OC)c1. The van der Waals surface area contributed by atoms with Crippen molar-refractivity contribution >= 4 is 23.5 Å². The molecule has 0 bridgehead atoms. The van der Waals surface area contributed by atoms with Crippen LogP contribution in [0.5, 0.6) is 5.75 Å². The van der Waals surface area contributed by atoms with Gasteiger partial charge in [0.1, 0.15) is 5.75 Å². The van der Waals surface area contributed by atoms with Gasteiger partial charge in [0.2, 0.25) is 5.91 Å². The van der Waals surface area contributed by atoms with Gasteiger partial charge in [0, 0.05) is 18.3 Å². The zero-order chi connectivity index (χ0) is 22.4. The number of nitrogens with zero attached hydrogens (tertiary/aromatic N) is 1. The zero-order valence-electron chi connectivity index (χ0n) is 17.8. The molecule has 2 aromatic carbocycles. The van der Waals surface area contributed by atoms with Gasteiger partial charge < -0.3 is 19.5 Å². The highest BCUT2D eigenvalue weighted by atomic mass is 16.5. The van der Waals surface area contributed by atoms with Gasteiger partial charge in [-0.2, -0.15) is 0 Å². The number of nitrogens with one attached hydrogen (secondary N) is 1. The lowest BCUT2D eigenvalue weighted by Gasteiger charge is -2.22. The number of esters is 2. The third-order valence-electron chi connectivity index (χ3n) is 5.01. The summed E-state index contributed by atoms with van der Waals surface area (Å²) in [6.07, 6.45) is 2.10. The van der Waals surface area contributed by atoms with Crippen molar-refractivity contribution in [1.82, 2.24) is 4.90 Å². The van der Waals surface area contributed by atoms with Crippen LogP contribution < -0.4 is 10.1 Å². The van der Waals surface area contributed by atoms with Crippen molar-refractivity contribution in [1.29, 1.82) is 0 Å². The third kappa shape index (κ3) is 6.05. The molecule has 0 aromatic heterocycles. The Kier molecular flexibility index (Phi) is 7.25. The van der Waals surface area contributed by atoms with Crippen LogP contribution in [0, 0.1) is 0 Å². The lowest BCUT2D eigenvalue weighted by molar-refractivity contribution is -0.117. The van der Waals surface area contributed by atoms with Crippen LogP contribution in [-0.4, -0.2) is 56.7 Å². The number of ether oxygens (including phenoxy) is 3. The van der Waals surface area contributed by atoms with Gasteiger partial charge in [-0.3, -0.25) is 9.69 Å². The number of benzene rings is 2. The average molecular weight is 426 g/mol. The maximum atomic E-state index is 12.7. The van der Waals surface area contributed by atoms with Crippen LogP contribution in [0.4, 0.5) is 5.69 Å². The van der Waals surface area contributed by atoms with Crippen LogP contribution in [0.3, 0.4) is 0 Å². The molecule has 1 amide bonds. The minimum Gasteiger partial charge on any atom is -0.497 e. The molecule has 1 fully saturated rings. The highest BCUT2D eigenvalue weighted by Gasteiger charge is 2.30. The van der Waals surface area contributed by atoms with Crippen molar-refractivity contribution in [3.8, 4) is 5.75 Å². The number of methoxy groups -OCH3 is 3. The highest BCUT2D eigenvalue weighted by molar-refractivity contribution is 5.99. The average Bonchev–Trinajstić information content (AvgIpc) is 3.63. The molecule has 3 rings (SSSR count). The first kappa shape index (κ1) is 22.3. The number of carbonyl (C=O) groups is 3. The Morgan fingerprint density at radius 1 is 0.935 bits per heavy atom. The van der Waals surface area contributed by atoms with Gasteiger partial charge in [0.25, 0.3) is 0 Å². The molecule has 0 heterocycles. The van der Waals surface area contributed by atoms with E-state index in [0.29, 0.717) is 18.3 Å². The van der Waals surface area contributed by atoms with Crippen molar-refractivity contribution < 1.29 is 28.6 Å². The largest absolute Gasteiger partial charge is 0.497 e. The fraction of sp³-hybridized carbons (Fsp3) is 0.348. The molecule has 8 nitrogen and oxygen atoms in total. The van der Waals surface area contributed by atoms with Gasteiger partial charge in [-0.15, -0.1) is 0 Å². The number of hydrogen-bond acceptors (Lipinski definition) is 7. The van der Waals surface area contributed by atoms with Gasteiger partial charge >= 0.3 is 11.9 Å². The van der Waals surface area contributed by atoms with E-state index in [1.807, 2.05) is 24.3 Å². The van der Waals surface area contributed by atoms with Crippen LogP contribution >= 0.6 is 0 Å². The van der Waals surface area contributed by atoms with E-state index in [-0.39, 0.29) is 23.6 Å². The fourth-order valence-corrected chi connectivity index (χ4v) is 3.28. The van der Waals surface area contributed by atoms with Gasteiger partial charge in [-0.05, 0) is 48.7 Å². The van der Waals surface area contributed by atoms with Gasteiger partial charge in [-0.1, -0.05) is 12.1 Å². The Hall–Kier alpha value is -3.39. The number of amides is 1. The van der Waals surface area contributed by atoms with Gasteiger partial charge in [0.05, 0.1) is 39.0 Å². The molecular formula is C23H26N2O6. The second-order valence-corrected chi connectivity index (χ2v) is 7.31. The number of rotatable bonds is 9. The molecule has 164 valence electrons. The minimum absolute atomic E-state index is 0.151. The van der Waals surface area contributed by atoms with Crippen molar-refractivity contribution in [2.75, 3.05) is 33.2 Å². The summed E-state index contributed by atoms with van der Waals surface area (Å²) in [5.41, 5.74) is 1.71. The van der Waals surface area contributed by atoms with E-state index in [1.54, 1.807) is 7.11 Å². The standard InChI is InChI=1S/C23H26N2O6/c1-29-20-8-4-15(5-9-20)13-25(19-6-7-19)14-21(26)24-18-11-16(22(27)30-2)10-17(12-18)23(28)31-3/h4-5,8-12,19H,6-7,13-14H2,1-3H3,(H,24,26). The minimum atomic E-state index is -0.611. The topological polar surface area (TPSA) is 94.2 Å². The molecule has 1 saturated carbocycles. The predicted molar refractivity (Wildman–Crippen MR) is 114 cm³/mol.